The van der Waals surface area contributed by atoms with Gasteiger partial charge in [-0.2, -0.15) is 0 Å². The van der Waals surface area contributed by atoms with Crippen molar-refractivity contribution < 1.29 is 9.47 Å². The summed E-state index contributed by atoms with van der Waals surface area (Å²) in [5, 5.41) is 0. The van der Waals surface area contributed by atoms with Crippen molar-refractivity contribution in [1.29, 1.82) is 0 Å². The van der Waals surface area contributed by atoms with E-state index in [-0.39, 0.29) is 16.5 Å². The second-order valence-corrected chi connectivity index (χ2v) is 12.4. The Morgan fingerprint density at radius 1 is 0.853 bits per heavy atom. The molecule has 0 N–H and O–H groups in total. The fourth-order valence-corrected chi connectivity index (χ4v) is 8.47. The minimum absolute atomic E-state index is 0. The number of methoxy groups -OCH3 is 2. The summed E-state index contributed by atoms with van der Waals surface area (Å²) in [6.45, 7) is 2.20. The summed E-state index contributed by atoms with van der Waals surface area (Å²) >= 11 is 4.41. The first-order valence-corrected chi connectivity index (χ1v) is 14.4. The van der Waals surface area contributed by atoms with Crippen molar-refractivity contribution in [2.45, 2.75) is 55.4 Å². The number of fused-ring (bicyclic) bond motifs is 1. The molecule has 0 amide bonds. The van der Waals surface area contributed by atoms with Crippen LogP contribution in [-0.2, 0) is 23.3 Å². The summed E-state index contributed by atoms with van der Waals surface area (Å²) < 4.78 is 11.1. The number of hydrogen-bond donors (Lipinski definition) is 0. The van der Waals surface area contributed by atoms with Crippen LogP contribution in [0.4, 0.5) is 0 Å². The average Bonchev–Trinajstić information content (AvgIpc) is 2.87. The molecule has 6 heteroatoms. The first-order valence-electron chi connectivity index (χ1n) is 12.4. The van der Waals surface area contributed by atoms with Crippen molar-refractivity contribution in [2.75, 3.05) is 45.9 Å². The van der Waals surface area contributed by atoms with Crippen molar-refractivity contribution in [1.82, 2.24) is 4.90 Å². The molecule has 3 nitrogen and oxygen atoms in total. The highest BCUT2D eigenvalue weighted by Gasteiger charge is 2.35. The number of thioether (sulfide) groups is 2. The fourth-order valence-electron chi connectivity index (χ4n) is 5.05. The third-order valence-corrected chi connectivity index (χ3v) is 10.5. The number of aryl methyl sites for hydroxylation is 2. The minimum atomic E-state index is 0. The standard InChI is InChI=1S/C28H39NO2S2.ClH/c1-29(17-14-22-10-13-26(30-2)27(20-22)31-3)16-6-15-28(32-18-7-19-33-28)25-12-11-23-8-4-5-9-24(23)21-25;/h10-13,20-21H,4-9,14-19H2,1-3H3;1H. The van der Waals surface area contributed by atoms with Crippen LogP contribution >= 0.6 is 35.9 Å². The van der Waals surface area contributed by atoms with Crippen molar-refractivity contribution in [3.05, 3.63) is 58.7 Å². The van der Waals surface area contributed by atoms with Gasteiger partial charge < -0.3 is 14.4 Å². The van der Waals surface area contributed by atoms with Crippen LogP contribution in [0.3, 0.4) is 0 Å². The van der Waals surface area contributed by atoms with Gasteiger partial charge in [-0.3, -0.25) is 0 Å². The second-order valence-electron chi connectivity index (χ2n) is 9.34. The SMILES string of the molecule is COc1ccc(CCN(C)CCCC2(c3ccc4c(c3)CCCC4)SCCCS2)cc1OC.Cl. The van der Waals surface area contributed by atoms with E-state index < -0.39 is 0 Å². The summed E-state index contributed by atoms with van der Waals surface area (Å²) in [5.74, 6) is 4.19. The van der Waals surface area contributed by atoms with Crippen LogP contribution in [0.15, 0.2) is 36.4 Å². The molecule has 1 aliphatic heterocycles. The number of ether oxygens (including phenoxy) is 2. The molecule has 0 bridgehead atoms. The largest absolute Gasteiger partial charge is 0.493 e. The van der Waals surface area contributed by atoms with Crippen LogP contribution in [0.2, 0.25) is 0 Å². The summed E-state index contributed by atoms with van der Waals surface area (Å²) in [4.78, 5) is 2.48. The Morgan fingerprint density at radius 3 is 2.32 bits per heavy atom. The molecule has 0 saturated carbocycles. The molecule has 0 aromatic heterocycles. The third kappa shape index (κ3) is 6.81. The average molecular weight is 522 g/mol. The van der Waals surface area contributed by atoms with Gasteiger partial charge in [0.1, 0.15) is 0 Å². The molecule has 2 aromatic carbocycles. The Kier molecular flexibility index (Phi) is 10.8. The Morgan fingerprint density at radius 2 is 1.59 bits per heavy atom. The zero-order valence-electron chi connectivity index (χ0n) is 20.9. The van der Waals surface area contributed by atoms with Crippen LogP contribution < -0.4 is 9.47 Å². The molecule has 1 heterocycles. The van der Waals surface area contributed by atoms with E-state index in [4.69, 9.17) is 9.47 Å². The Bertz CT molecular complexity index is 917. The molecular formula is C28H40ClNO2S2. The van der Waals surface area contributed by atoms with E-state index in [9.17, 15) is 0 Å². The van der Waals surface area contributed by atoms with Gasteiger partial charge in [0.05, 0.1) is 18.3 Å². The van der Waals surface area contributed by atoms with Gasteiger partial charge in [-0.25, -0.2) is 0 Å². The van der Waals surface area contributed by atoms with Crippen LogP contribution in [0.5, 0.6) is 11.5 Å². The topological polar surface area (TPSA) is 21.7 Å². The molecule has 1 aliphatic carbocycles. The molecular weight excluding hydrogens is 482 g/mol. The lowest BCUT2D eigenvalue weighted by Gasteiger charge is -2.38. The van der Waals surface area contributed by atoms with E-state index in [1.165, 1.54) is 62.0 Å². The van der Waals surface area contributed by atoms with Crippen LogP contribution in [0, 0.1) is 0 Å². The number of benzene rings is 2. The van der Waals surface area contributed by atoms with E-state index in [2.05, 4.69) is 65.8 Å². The van der Waals surface area contributed by atoms with Gasteiger partial charge in [0.15, 0.2) is 11.5 Å². The highest BCUT2D eigenvalue weighted by molar-refractivity contribution is 8.18. The number of likely N-dealkylation sites (N-methyl/N-ethyl adjacent to an activating group) is 1. The molecule has 0 radical (unpaired) electrons. The molecule has 0 atom stereocenters. The molecule has 1 saturated heterocycles. The van der Waals surface area contributed by atoms with Crippen LogP contribution in [0.25, 0.3) is 0 Å². The monoisotopic (exact) mass is 521 g/mol. The zero-order chi connectivity index (χ0) is 23.1. The maximum absolute atomic E-state index is 5.46. The van der Waals surface area contributed by atoms with E-state index in [0.29, 0.717) is 0 Å². The van der Waals surface area contributed by atoms with E-state index in [0.717, 1.165) is 31.0 Å². The maximum atomic E-state index is 5.46. The highest BCUT2D eigenvalue weighted by atomic mass is 35.5. The Balaban J connectivity index is 0.00000324. The Hall–Kier alpha value is -1.01. The van der Waals surface area contributed by atoms with Crippen LogP contribution in [-0.4, -0.2) is 50.8 Å². The Labute approximate surface area is 221 Å². The van der Waals surface area contributed by atoms with Gasteiger partial charge in [-0.05, 0) is 111 Å². The summed E-state index contributed by atoms with van der Waals surface area (Å²) in [5.41, 5.74) is 6.09. The molecule has 188 valence electrons. The zero-order valence-corrected chi connectivity index (χ0v) is 23.4. The first-order chi connectivity index (χ1) is 16.1. The summed E-state index contributed by atoms with van der Waals surface area (Å²) in [6, 6.07) is 13.7. The van der Waals surface area contributed by atoms with E-state index >= 15 is 0 Å². The second kappa shape index (κ2) is 13.3. The van der Waals surface area contributed by atoms with Crippen molar-refractivity contribution >= 4 is 35.9 Å². The van der Waals surface area contributed by atoms with Crippen molar-refractivity contribution in [3.8, 4) is 11.5 Å². The van der Waals surface area contributed by atoms with Gasteiger partial charge in [-0.1, -0.05) is 24.3 Å². The van der Waals surface area contributed by atoms with Gasteiger partial charge in [0, 0.05) is 6.54 Å². The minimum Gasteiger partial charge on any atom is -0.493 e. The predicted molar refractivity (Wildman–Crippen MR) is 152 cm³/mol. The summed E-state index contributed by atoms with van der Waals surface area (Å²) in [6.07, 6.45) is 10.1. The lowest BCUT2D eigenvalue weighted by atomic mass is 9.89. The van der Waals surface area contributed by atoms with Gasteiger partial charge in [-0.15, -0.1) is 35.9 Å². The van der Waals surface area contributed by atoms with Gasteiger partial charge in [0.2, 0.25) is 0 Å². The lowest BCUT2D eigenvalue weighted by molar-refractivity contribution is 0.327. The fraction of sp³-hybridized carbons (Fsp3) is 0.571. The molecule has 34 heavy (non-hydrogen) atoms. The van der Waals surface area contributed by atoms with E-state index in [1.54, 1.807) is 30.9 Å². The molecule has 4 rings (SSSR count). The maximum Gasteiger partial charge on any atom is 0.160 e. The molecule has 0 spiro atoms. The summed E-state index contributed by atoms with van der Waals surface area (Å²) in [7, 11) is 5.64. The normalized spacial score (nSPS) is 17.1. The number of nitrogens with zero attached hydrogens (tertiary/aromatic N) is 1. The molecule has 0 unspecified atom stereocenters. The highest BCUT2D eigenvalue weighted by Crippen LogP contribution is 2.53. The smallest absolute Gasteiger partial charge is 0.160 e. The van der Waals surface area contributed by atoms with E-state index in [1.807, 2.05) is 6.07 Å². The number of halogens is 1. The van der Waals surface area contributed by atoms with Crippen LogP contribution in [0.1, 0.15) is 54.4 Å². The van der Waals surface area contributed by atoms with Crippen molar-refractivity contribution in [3.63, 3.8) is 0 Å². The number of hydrogen-bond acceptors (Lipinski definition) is 5. The molecule has 1 fully saturated rings. The number of rotatable bonds is 10. The predicted octanol–water partition coefficient (Wildman–Crippen LogP) is 6.98. The first kappa shape index (κ1) is 27.6. The lowest BCUT2D eigenvalue weighted by Crippen LogP contribution is -2.27. The molecule has 2 aromatic rings. The van der Waals surface area contributed by atoms with Gasteiger partial charge >= 0.3 is 0 Å². The van der Waals surface area contributed by atoms with Gasteiger partial charge in [0.25, 0.3) is 0 Å². The third-order valence-electron chi connectivity index (χ3n) is 7.02. The van der Waals surface area contributed by atoms with Crippen molar-refractivity contribution in [2.24, 2.45) is 0 Å². The quantitative estimate of drug-likeness (QED) is 0.335. The molecule has 2 aliphatic rings.